The van der Waals surface area contributed by atoms with Gasteiger partial charge in [0.25, 0.3) is 5.91 Å². The molecule has 2 N–H and O–H groups in total. The zero-order valence-electron chi connectivity index (χ0n) is 18.4. The highest BCUT2D eigenvalue weighted by Gasteiger charge is 2.18. The van der Waals surface area contributed by atoms with Crippen LogP contribution in [0.2, 0.25) is 5.02 Å². The summed E-state index contributed by atoms with van der Waals surface area (Å²) in [6.45, 7) is 1.19. The largest absolute Gasteiger partial charge is 0.492 e. The monoisotopic (exact) mass is 485 g/mol. The van der Waals surface area contributed by atoms with Crippen molar-refractivity contribution in [2.75, 3.05) is 25.0 Å². The molecule has 0 spiro atoms. The Morgan fingerprint density at radius 3 is 2.65 bits per heavy atom. The molecule has 0 fully saturated rings. The Hall–Kier alpha value is -3.65. The Kier molecular flexibility index (Phi) is 9.22. The third-order valence-corrected chi connectivity index (χ3v) is 5.09. The first-order chi connectivity index (χ1) is 16.4. The van der Waals surface area contributed by atoms with Gasteiger partial charge >= 0.3 is 5.97 Å². The van der Waals surface area contributed by atoms with Gasteiger partial charge in [0, 0.05) is 54.7 Å². The molecule has 0 aliphatic heterocycles. The van der Waals surface area contributed by atoms with Crippen molar-refractivity contribution in [3.05, 3.63) is 89.0 Å². The van der Waals surface area contributed by atoms with Gasteiger partial charge in [0.05, 0.1) is 0 Å². The average Bonchev–Trinajstić information content (AvgIpc) is 2.81. The van der Waals surface area contributed by atoms with Gasteiger partial charge in [-0.1, -0.05) is 23.7 Å². The number of aromatic nitrogens is 1. The van der Waals surface area contributed by atoms with E-state index in [9.17, 15) is 14.0 Å². The molecule has 1 aromatic heterocycles. The fourth-order valence-electron chi connectivity index (χ4n) is 3.32. The second kappa shape index (κ2) is 12.6. The van der Waals surface area contributed by atoms with Crippen molar-refractivity contribution in [3.63, 3.8) is 0 Å². The van der Waals surface area contributed by atoms with E-state index in [0.717, 1.165) is 5.69 Å². The number of amides is 1. The van der Waals surface area contributed by atoms with Crippen LogP contribution in [0.1, 0.15) is 28.8 Å². The number of halogens is 2. The van der Waals surface area contributed by atoms with Crippen molar-refractivity contribution in [2.24, 2.45) is 0 Å². The van der Waals surface area contributed by atoms with Gasteiger partial charge < -0.3 is 20.1 Å². The van der Waals surface area contributed by atoms with E-state index in [4.69, 9.17) is 21.4 Å². The molecule has 0 aliphatic carbocycles. The van der Waals surface area contributed by atoms with Crippen LogP contribution in [0.15, 0.2) is 67.0 Å². The van der Waals surface area contributed by atoms with Gasteiger partial charge in [-0.3, -0.25) is 14.6 Å². The highest BCUT2D eigenvalue weighted by Crippen LogP contribution is 2.23. The molecule has 0 saturated heterocycles. The molecular formula is C25H25ClFN3O4. The molecule has 0 atom stereocenters. The maximum Gasteiger partial charge on any atom is 0.303 e. The number of nitrogens with zero attached hydrogens (tertiary/aromatic N) is 2. The summed E-state index contributed by atoms with van der Waals surface area (Å²) in [6.07, 6.45) is 3.55. The van der Waals surface area contributed by atoms with Gasteiger partial charge in [-0.05, 0) is 54.4 Å². The van der Waals surface area contributed by atoms with Crippen LogP contribution >= 0.6 is 11.6 Å². The van der Waals surface area contributed by atoms with Crippen LogP contribution in [0, 0.1) is 5.82 Å². The second-order valence-corrected chi connectivity index (χ2v) is 7.98. The van der Waals surface area contributed by atoms with E-state index in [2.05, 4.69) is 10.3 Å². The summed E-state index contributed by atoms with van der Waals surface area (Å²) in [7, 11) is 0. The Labute approximate surface area is 202 Å². The molecule has 0 unspecified atom stereocenters. The third-order valence-electron chi connectivity index (χ3n) is 4.87. The van der Waals surface area contributed by atoms with Crippen LogP contribution in [0.5, 0.6) is 5.75 Å². The minimum absolute atomic E-state index is 0.0820. The summed E-state index contributed by atoms with van der Waals surface area (Å²) in [6, 6.07) is 14.4. The minimum atomic E-state index is -0.947. The normalized spacial score (nSPS) is 10.5. The first-order valence-corrected chi connectivity index (χ1v) is 11.1. The molecule has 9 heteroatoms. The number of hydrogen-bond acceptors (Lipinski definition) is 5. The maximum atomic E-state index is 13.6. The number of pyridine rings is 1. The number of carboxylic acid groups (broad SMARTS) is 1. The van der Waals surface area contributed by atoms with Crippen molar-refractivity contribution in [1.82, 2.24) is 9.88 Å². The molecular weight excluding hydrogens is 461 g/mol. The molecule has 1 amide bonds. The number of aliphatic carboxylic acids is 1. The zero-order valence-corrected chi connectivity index (χ0v) is 19.2. The minimum Gasteiger partial charge on any atom is -0.492 e. The predicted molar refractivity (Wildman–Crippen MR) is 128 cm³/mol. The van der Waals surface area contributed by atoms with Crippen LogP contribution in [0.4, 0.5) is 10.1 Å². The number of carbonyl (C=O) groups is 2. The molecule has 0 aliphatic rings. The summed E-state index contributed by atoms with van der Waals surface area (Å²) in [5.41, 5.74) is 1.82. The lowest BCUT2D eigenvalue weighted by atomic mass is 10.1. The molecule has 0 saturated carbocycles. The molecule has 178 valence electrons. The quantitative estimate of drug-likeness (QED) is 0.355. The van der Waals surface area contributed by atoms with Gasteiger partial charge in [0.2, 0.25) is 0 Å². The van der Waals surface area contributed by atoms with Crippen LogP contribution in [0.25, 0.3) is 0 Å². The SMILES string of the molecule is O=C(O)CCCN(Cc1cccc(F)c1)C(=O)c1cc(Cl)cc(OCCNc2ccncc2)c1. The molecule has 7 nitrogen and oxygen atoms in total. The van der Waals surface area contributed by atoms with E-state index in [1.165, 1.54) is 23.1 Å². The van der Waals surface area contributed by atoms with Crippen molar-refractivity contribution in [2.45, 2.75) is 19.4 Å². The Bertz CT molecular complexity index is 1110. The summed E-state index contributed by atoms with van der Waals surface area (Å²) in [4.78, 5) is 29.7. The van der Waals surface area contributed by atoms with E-state index in [1.807, 2.05) is 12.1 Å². The van der Waals surface area contributed by atoms with E-state index >= 15 is 0 Å². The highest BCUT2D eigenvalue weighted by molar-refractivity contribution is 6.31. The van der Waals surface area contributed by atoms with E-state index in [-0.39, 0.29) is 31.8 Å². The fourth-order valence-corrected chi connectivity index (χ4v) is 3.54. The Balaban J connectivity index is 1.68. The number of carbonyl (C=O) groups excluding carboxylic acids is 1. The standard InChI is InChI=1S/C25H25ClFN3O4/c26-20-14-19(15-23(16-20)34-12-10-29-22-6-8-28-9-7-22)25(33)30(11-2-5-24(31)32)17-18-3-1-4-21(27)13-18/h1,3-4,6-9,13-16H,2,5,10-12,17H2,(H,28,29)(H,31,32). The number of anilines is 1. The van der Waals surface area contributed by atoms with Crippen molar-refractivity contribution in [3.8, 4) is 5.75 Å². The lowest BCUT2D eigenvalue weighted by molar-refractivity contribution is -0.137. The molecule has 34 heavy (non-hydrogen) atoms. The van der Waals surface area contributed by atoms with Gasteiger partial charge in [-0.15, -0.1) is 0 Å². The number of hydrogen-bond donors (Lipinski definition) is 2. The lowest BCUT2D eigenvalue weighted by Crippen LogP contribution is -2.32. The smallest absolute Gasteiger partial charge is 0.303 e. The summed E-state index contributed by atoms with van der Waals surface area (Å²) >= 11 is 6.23. The van der Waals surface area contributed by atoms with E-state index in [0.29, 0.717) is 35.1 Å². The molecule has 2 aromatic carbocycles. The van der Waals surface area contributed by atoms with Crippen molar-refractivity contribution < 1.29 is 23.8 Å². The summed E-state index contributed by atoms with van der Waals surface area (Å²) in [5, 5.41) is 12.5. The predicted octanol–water partition coefficient (Wildman–Crippen LogP) is 4.87. The third kappa shape index (κ3) is 8.04. The Morgan fingerprint density at radius 2 is 1.91 bits per heavy atom. The summed E-state index contributed by atoms with van der Waals surface area (Å²) < 4.78 is 19.4. The first-order valence-electron chi connectivity index (χ1n) is 10.7. The van der Waals surface area contributed by atoms with Crippen LogP contribution in [0.3, 0.4) is 0 Å². The van der Waals surface area contributed by atoms with Gasteiger partial charge in [0.15, 0.2) is 0 Å². The van der Waals surface area contributed by atoms with E-state index < -0.39 is 11.8 Å². The van der Waals surface area contributed by atoms with Crippen LogP contribution in [-0.4, -0.2) is 46.6 Å². The fraction of sp³-hybridized carbons (Fsp3) is 0.240. The maximum absolute atomic E-state index is 13.6. The lowest BCUT2D eigenvalue weighted by Gasteiger charge is -2.23. The Morgan fingerprint density at radius 1 is 1.12 bits per heavy atom. The molecule has 0 bridgehead atoms. The first kappa shape index (κ1) is 25.0. The average molecular weight is 486 g/mol. The molecule has 1 heterocycles. The van der Waals surface area contributed by atoms with Crippen molar-refractivity contribution in [1.29, 1.82) is 0 Å². The van der Waals surface area contributed by atoms with Gasteiger partial charge in [-0.25, -0.2) is 4.39 Å². The summed E-state index contributed by atoms with van der Waals surface area (Å²) in [5.74, 6) is -1.27. The molecule has 0 radical (unpaired) electrons. The van der Waals surface area contributed by atoms with Gasteiger partial charge in [-0.2, -0.15) is 0 Å². The molecule has 3 rings (SSSR count). The number of carboxylic acids is 1. The van der Waals surface area contributed by atoms with E-state index in [1.54, 1.807) is 36.7 Å². The second-order valence-electron chi connectivity index (χ2n) is 7.54. The highest BCUT2D eigenvalue weighted by atomic mass is 35.5. The zero-order chi connectivity index (χ0) is 24.3. The van der Waals surface area contributed by atoms with Crippen molar-refractivity contribution >= 4 is 29.2 Å². The molecule has 3 aromatic rings. The number of benzene rings is 2. The number of nitrogens with one attached hydrogen (secondary N) is 1. The van der Waals surface area contributed by atoms with Gasteiger partial charge in [0.1, 0.15) is 18.2 Å². The topological polar surface area (TPSA) is 91.8 Å². The van der Waals surface area contributed by atoms with Crippen LogP contribution in [-0.2, 0) is 11.3 Å². The number of ether oxygens (including phenoxy) is 1. The number of rotatable bonds is 12. The van der Waals surface area contributed by atoms with Crippen LogP contribution < -0.4 is 10.1 Å².